The Balaban J connectivity index is 2.88. The van der Waals surface area contributed by atoms with E-state index in [1.165, 1.54) is 7.11 Å². The van der Waals surface area contributed by atoms with Gasteiger partial charge in [0, 0.05) is 5.38 Å². The van der Waals surface area contributed by atoms with Crippen LogP contribution in [-0.4, -0.2) is 12.5 Å². The molecular formula is C14H20ClFO. The smallest absolute Gasteiger partial charge is 0.168 e. The Kier molecular flexibility index (Phi) is 4.81. The predicted molar refractivity (Wildman–Crippen MR) is 70.4 cm³/mol. The SMILES string of the molecule is COc1cccc(CC(C)(C)CC(C)Cl)c1F. The summed E-state index contributed by atoms with van der Waals surface area (Å²) in [6.45, 7) is 6.17. The average Bonchev–Trinajstić information content (AvgIpc) is 2.19. The van der Waals surface area contributed by atoms with Crippen molar-refractivity contribution in [3.05, 3.63) is 29.6 Å². The summed E-state index contributed by atoms with van der Waals surface area (Å²) in [6.07, 6.45) is 1.51. The lowest BCUT2D eigenvalue weighted by molar-refractivity contribution is 0.322. The highest BCUT2D eigenvalue weighted by atomic mass is 35.5. The molecule has 3 heteroatoms. The molecule has 0 aliphatic carbocycles. The number of benzene rings is 1. The van der Waals surface area contributed by atoms with Gasteiger partial charge in [-0.05, 0) is 36.8 Å². The highest BCUT2D eigenvalue weighted by molar-refractivity contribution is 6.20. The van der Waals surface area contributed by atoms with E-state index in [0.29, 0.717) is 17.7 Å². The van der Waals surface area contributed by atoms with E-state index in [1.54, 1.807) is 12.1 Å². The van der Waals surface area contributed by atoms with E-state index in [1.807, 2.05) is 13.0 Å². The van der Waals surface area contributed by atoms with Gasteiger partial charge in [-0.15, -0.1) is 11.6 Å². The maximum atomic E-state index is 14.0. The third-order valence-electron chi connectivity index (χ3n) is 2.77. The number of ether oxygens (including phenoxy) is 1. The molecule has 17 heavy (non-hydrogen) atoms. The van der Waals surface area contributed by atoms with Crippen LogP contribution in [0.15, 0.2) is 18.2 Å². The Morgan fingerprint density at radius 2 is 2.06 bits per heavy atom. The van der Waals surface area contributed by atoms with E-state index >= 15 is 0 Å². The minimum atomic E-state index is -0.259. The molecule has 0 amide bonds. The van der Waals surface area contributed by atoms with E-state index in [2.05, 4.69) is 13.8 Å². The van der Waals surface area contributed by atoms with Crippen molar-refractivity contribution < 1.29 is 9.13 Å². The van der Waals surface area contributed by atoms with Gasteiger partial charge in [-0.1, -0.05) is 26.0 Å². The van der Waals surface area contributed by atoms with Crippen LogP contribution in [0.5, 0.6) is 5.75 Å². The van der Waals surface area contributed by atoms with Crippen LogP contribution < -0.4 is 4.74 Å². The van der Waals surface area contributed by atoms with Crippen LogP contribution in [0.4, 0.5) is 4.39 Å². The van der Waals surface area contributed by atoms with Crippen molar-refractivity contribution in [1.29, 1.82) is 0 Å². The molecule has 96 valence electrons. The summed E-state index contributed by atoms with van der Waals surface area (Å²) in [5.74, 6) is 0.0440. The number of alkyl halides is 1. The van der Waals surface area contributed by atoms with Gasteiger partial charge in [0.25, 0.3) is 0 Å². The first-order valence-electron chi connectivity index (χ1n) is 5.81. The number of rotatable bonds is 5. The van der Waals surface area contributed by atoms with Crippen molar-refractivity contribution in [3.63, 3.8) is 0 Å². The number of hydrogen-bond donors (Lipinski definition) is 0. The molecule has 1 aromatic carbocycles. The zero-order valence-corrected chi connectivity index (χ0v) is 11.6. The van der Waals surface area contributed by atoms with Crippen LogP contribution in [0, 0.1) is 11.2 Å². The van der Waals surface area contributed by atoms with E-state index < -0.39 is 0 Å². The molecule has 1 unspecified atom stereocenters. The van der Waals surface area contributed by atoms with E-state index in [4.69, 9.17) is 16.3 Å². The third kappa shape index (κ3) is 4.19. The van der Waals surface area contributed by atoms with Crippen molar-refractivity contribution >= 4 is 11.6 Å². The van der Waals surface area contributed by atoms with Gasteiger partial charge in [0.05, 0.1) is 7.11 Å². The standard InChI is InChI=1S/C14H20ClFO/c1-10(15)8-14(2,3)9-11-6-5-7-12(17-4)13(11)16/h5-7,10H,8-9H2,1-4H3. The van der Waals surface area contributed by atoms with Crippen LogP contribution in [0.1, 0.15) is 32.8 Å². The van der Waals surface area contributed by atoms with Gasteiger partial charge in [0.1, 0.15) is 0 Å². The Morgan fingerprint density at radius 3 is 2.59 bits per heavy atom. The molecule has 0 aromatic heterocycles. The molecule has 0 aliphatic rings. The second-order valence-corrected chi connectivity index (χ2v) is 6.00. The zero-order valence-electron chi connectivity index (χ0n) is 10.9. The third-order valence-corrected chi connectivity index (χ3v) is 2.92. The number of halogens is 2. The van der Waals surface area contributed by atoms with Gasteiger partial charge in [0.2, 0.25) is 0 Å². The summed E-state index contributed by atoms with van der Waals surface area (Å²) >= 11 is 6.01. The van der Waals surface area contributed by atoms with Crippen molar-refractivity contribution in [3.8, 4) is 5.75 Å². The summed E-state index contributed by atoms with van der Waals surface area (Å²) in [6, 6.07) is 5.26. The summed E-state index contributed by atoms with van der Waals surface area (Å²) in [5.41, 5.74) is 0.667. The molecule has 0 N–H and O–H groups in total. The van der Waals surface area contributed by atoms with Gasteiger partial charge < -0.3 is 4.74 Å². The summed E-state index contributed by atoms with van der Waals surface area (Å²) in [4.78, 5) is 0. The van der Waals surface area contributed by atoms with E-state index in [-0.39, 0.29) is 16.6 Å². The van der Waals surface area contributed by atoms with E-state index in [9.17, 15) is 4.39 Å². The van der Waals surface area contributed by atoms with Gasteiger partial charge in [-0.25, -0.2) is 4.39 Å². The summed E-state index contributed by atoms with van der Waals surface area (Å²) < 4.78 is 19.0. The first-order valence-corrected chi connectivity index (χ1v) is 6.25. The first-order chi connectivity index (χ1) is 7.85. The number of methoxy groups -OCH3 is 1. The second kappa shape index (κ2) is 5.72. The molecular weight excluding hydrogens is 239 g/mol. The van der Waals surface area contributed by atoms with Gasteiger partial charge in [-0.2, -0.15) is 0 Å². The van der Waals surface area contributed by atoms with Crippen molar-refractivity contribution in [1.82, 2.24) is 0 Å². The highest BCUT2D eigenvalue weighted by Gasteiger charge is 2.23. The van der Waals surface area contributed by atoms with Crippen LogP contribution in [-0.2, 0) is 6.42 Å². The molecule has 1 aromatic rings. The monoisotopic (exact) mass is 258 g/mol. The summed E-state index contributed by atoms with van der Waals surface area (Å²) in [7, 11) is 1.48. The first kappa shape index (κ1) is 14.3. The fourth-order valence-electron chi connectivity index (χ4n) is 2.20. The quantitative estimate of drug-likeness (QED) is 0.711. The molecule has 0 bridgehead atoms. The van der Waals surface area contributed by atoms with Crippen molar-refractivity contribution in [2.75, 3.05) is 7.11 Å². The average molecular weight is 259 g/mol. The van der Waals surface area contributed by atoms with Crippen molar-refractivity contribution in [2.45, 2.75) is 39.0 Å². The number of hydrogen-bond acceptors (Lipinski definition) is 1. The normalized spacial score (nSPS) is 13.5. The van der Waals surface area contributed by atoms with Crippen LogP contribution >= 0.6 is 11.6 Å². The molecule has 0 spiro atoms. The molecule has 0 radical (unpaired) electrons. The fraction of sp³-hybridized carbons (Fsp3) is 0.571. The van der Waals surface area contributed by atoms with Crippen LogP contribution in [0.25, 0.3) is 0 Å². The fourth-order valence-corrected chi connectivity index (χ4v) is 2.62. The second-order valence-electron chi connectivity index (χ2n) is 5.26. The molecule has 0 saturated carbocycles. The molecule has 1 rings (SSSR count). The predicted octanol–water partition coefficient (Wildman–Crippen LogP) is 4.42. The van der Waals surface area contributed by atoms with Crippen LogP contribution in [0.3, 0.4) is 0 Å². The molecule has 1 nitrogen and oxygen atoms in total. The Labute approximate surface area is 108 Å². The Morgan fingerprint density at radius 1 is 1.41 bits per heavy atom. The zero-order chi connectivity index (χ0) is 13.1. The maximum absolute atomic E-state index is 14.0. The van der Waals surface area contributed by atoms with Gasteiger partial charge >= 0.3 is 0 Å². The molecule has 0 fully saturated rings. The lowest BCUT2D eigenvalue weighted by atomic mass is 9.81. The lowest BCUT2D eigenvalue weighted by Crippen LogP contribution is -2.19. The van der Waals surface area contributed by atoms with E-state index in [0.717, 1.165) is 6.42 Å². The largest absolute Gasteiger partial charge is 0.494 e. The Hall–Kier alpha value is -0.760. The van der Waals surface area contributed by atoms with Crippen molar-refractivity contribution in [2.24, 2.45) is 5.41 Å². The maximum Gasteiger partial charge on any atom is 0.168 e. The molecule has 0 aliphatic heterocycles. The molecule has 0 heterocycles. The minimum absolute atomic E-state index is 0.0195. The Bertz CT molecular complexity index is 374. The van der Waals surface area contributed by atoms with Gasteiger partial charge in [0.15, 0.2) is 11.6 Å². The van der Waals surface area contributed by atoms with Crippen LogP contribution in [0.2, 0.25) is 0 Å². The van der Waals surface area contributed by atoms with Gasteiger partial charge in [-0.3, -0.25) is 0 Å². The highest BCUT2D eigenvalue weighted by Crippen LogP contribution is 2.32. The topological polar surface area (TPSA) is 9.23 Å². The summed E-state index contributed by atoms with van der Waals surface area (Å²) in [5, 5.41) is 0.0960. The molecule has 1 atom stereocenters. The minimum Gasteiger partial charge on any atom is -0.494 e. The lowest BCUT2D eigenvalue weighted by Gasteiger charge is -2.26. The molecule has 0 saturated heterocycles.